The van der Waals surface area contributed by atoms with Crippen LogP contribution in [0.15, 0.2) is 24.3 Å². The minimum atomic E-state index is -1.23. The predicted molar refractivity (Wildman–Crippen MR) is 89.7 cm³/mol. The maximum atomic E-state index is 12.4. The van der Waals surface area contributed by atoms with Crippen molar-refractivity contribution in [3.63, 3.8) is 0 Å². The zero-order valence-corrected chi connectivity index (χ0v) is 14.2. The number of nitrogens with zero attached hydrogens (tertiary/aromatic N) is 1. The number of alkyl carbamates (subject to hydrolysis) is 1. The Morgan fingerprint density at radius 1 is 1.35 bits per heavy atom. The number of benzene rings is 1. The van der Waals surface area contributed by atoms with Crippen molar-refractivity contribution in [2.45, 2.75) is 18.4 Å². The Hall–Kier alpha value is -2.20. The molecule has 0 radical (unpaired) electrons. The van der Waals surface area contributed by atoms with Crippen LogP contribution in [0.4, 0.5) is 10.5 Å². The minimum Gasteiger partial charge on any atom is -0.467 e. The zero-order chi connectivity index (χ0) is 17.3. The number of esters is 1. The molecule has 7 heteroatoms. The number of hydrogen-bond acceptors (Lipinski definition) is 5. The number of carbonyl (C=O) groups is 2. The second kappa shape index (κ2) is 9.06. The van der Waals surface area contributed by atoms with Gasteiger partial charge in [-0.05, 0) is 18.4 Å². The van der Waals surface area contributed by atoms with Crippen molar-refractivity contribution in [2.24, 2.45) is 0 Å². The lowest BCUT2D eigenvalue weighted by Crippen LogP contribution is -2.57. The molecule has 0 aliphatic carbocycles. The van der Waals surface area contributed by atoms with Gasteiger partial charge in [-0.15, -0.1) is 0 Å². The number of nitrogens with one attached hydrogen (secondary N) is 1. The summed E-state index contributed by atoms with van der Waals surface area (Å²) in [5.74, 6) is 0.117. The third kappa shape index (κ3) is 5.18. The van der Waals surface area contributed by atoms with Crippen LogP contribution in [0, 0.1) is 6.57 Å². The van der Waals surface area contributed by atoms with Crippen LogP contribution in [0.2, 0.25) is 0 Å². The highest BCUT2D eigenvalue weighted by atomic mass is 32.2. The number of methoxy groups -OCH3 is 2. The van der Waals surface area contributed by atoms with E-state index in [9.17, 15) is 9.59 Å². The fraction of sp³-hybridized carbons (Fsp3) is 0.438. The summed E-state index contributed by atoms with van der Waals surface area (Å²) in [6.45, 7) is 7.09. The van der Waals surface area contributed by atoms with E-state index < -0.39 is 17.6 Å². The molecule has 0 heterocycles. The van der Waals surface area contributed by atoms with Gasteiger partial charge in [-0.1, -0.05) is 29.8 Å². The van der Waals surface area contributed by atoms with Crippen LogP contribution in [-0.4, -0.2) is 43.8 Å². The van der Waals surface area contributed by atoms with Crippen molar-refractivity contribution in [1.82, 2.24) is 5.32 Å². The number of amides is 1. The topological polar surface area (TPSA) is 69.0 Å². The molecule has 1 amide bonds. The van der Waals surface area contributed by atoms with Crippen molar-refractivity contribution < 1.29 is 19.1 Å². The molecule has 0 aliphatic heterocycles. The Kier molecular flexibility index (Phi) is 7.42. The van der Waals surface area contributed by atoms with Gasteiger partial charge in [-0.3, -0.25) is 0 Å². The van der Waals surface area contributed by atoms with Gasteiger partial charge >= 0.3 is 12.1 Å². The summed E-state index contributed by atoms with van der Waals surface area (Å²) >= 11 is 1.56. The summed E-state index contributed by atoms with van der Waals surface area (Å²) < 4.78 is 9.56. The number of thioether (sulfide) groups is 1. The van der Waals surface area contributed by atoms with E-state index in [4.69, 9.17) is 11.3 Å². The molecule has 0 aliphatic rings. The molecule has 0 aromatic heterocycles. The molecule has 0 bridgehead atoms. The second-order valence-electron chi connectivity index (χ2n) is 4.89. The van der Waals surface area contributed by atoms with Crippen LogP contribution in [0.3, 0.4) is 0 Å². The number of ether oxygens (including phenoxy) is 2. The van der Waals surface area contributed by atoms with Gasteiger partial charge in [0, 0.05) is 6.42 Å². The molecule has 0 saturated carbocycles. The Bertz CT molecular complexity index is 600. The summed E-state index contributed by atoms with van der Waals surface area (Å²) in [6.07, 6.45) is 1.83. The molecule has 0 fully saturated rings. The fourth-order valence-electron chi connectivity index (χ4n) is 2.22. The Morgan fingerprint density at radius 3 is 2.65 bits per heavy atom. The van der Waals surface area contributed by atoms with E-state index in [2.05, 4.69) is 14.9 Å². The van der Waals surface area contributed by atoms with Gasteiger partial charge in [0.2, 0.25) is 0 Å². The normalized spacial score (nSPS) is 12.6. The first-order chi connectivity index (χ1) is 11.0. The molecule has 1 N–H and O–H groups in total. The van der Waals surface area contributed by atoms with Crippen molar-refractivity contribution >= 4 is 29.5 Å². The van der Waals surface area contributed by atoms with E-state index in [1.165, 1.54) is 14.2 Å². The van der Waals surface area contributed by atoms with E-state index >= 15 is 0 Å². The highest BCUT2D eigenvalue weighted by molar-refractivity contribution is 7.98. The summed E-state index contributed by atoms with van der Waals surface area (Å²) in [4.78, 5) is 27.5. The molecule has 1 rings (SSSR count). The number of carbonyl (C=O) groups excluding carboxylic acids is 2. The Labute approximate surface area is 140 Å². The molecule has 1 aromatic rings. The van der Waals surface area contributed by atoms with Crippen molar-refractivity contribution in [3.05, 3.63) is 41.2 Å². The number of rotatable bonds is 7. The van der Waals surface area contributed by atoms with Crippen molar-refractivity contribution in [1.29, 1.82) is 0 Å². The van der Waals surface area contributed by atoms with Crippen LogP contribution in [0.1, 0.15) is 12.0 Å². The predicted octanol–water partition coefficient (Wildman–Crippen LogP) is 2.80. The standard InChI is InChI=1S/C16H20N2O4S/c1-17-13-7-5-6-12(10-13)11-16(8-9-23-4,14(19)21-2)18-15(20)22-3/h5-7,10H,8-9,11H2,2-4H3,(H,18,20). The second-order valence-corrected chi connectivity index (χ2v) is 5.88. The molecule has 6 nitrogen and oxygen atoms in total. The summed E-state index contributed by atoms with van der Waals surface area (Å²) in [6, 6.07) is 6.94. The molecular formula is C16H20N2O4S. The maximum Gasteiger partial charge on any atom is 0.407 e. The van der Waals surface area contributed by atoms with E-state index in [1.54, 1.807) is 30.0 Å². The molecule has 0 saturated heterocycles. The van der Waals surface area contributed by atoms with Crippen LogP contribution in [0.5, 0.6) is 0 Å². The molecule has 1 aromatic carbocycles. The fourth-order valence-corrected chi connectivity index (χ4v) is 2.78. The van der Waals surface area contributed by atoms with Gasteiger partial charge in [0.25, 0.3) is 0 Å². The summed E-state index contributed by atoms with van der Waals surface area (Å²) in [5.41, 5.74) is 0.0107. The summed E-state index contributed by atoms with van der Waals surface area (Å²) in [5, 5.41) is 2.63. The molecular weight excluding hydrogens is 316 g/mol. The maximum absolute atomic E-state index is 12.4. The van der Waals surface area contributed by atoms with Gasteiger partial charge in [0.1, 0.15) is 5.54 Å². The third-order valence-corrected chi connectivity index (χ3v) is 3.99. The first-order valence-corrected chi connectivity index (χ1v) is 8.30. The molecule has 23 heavy (non-hydrogen) atoms. The third-order valence-electron chi connectivity index (χ3n) is 3.38. The lowest BCUT2D eigenvalue weighted by Gasteiger charge is -2.31. The smallest absolute Gasteiger partial charge is 0.407 e. The van der Waals surface area contributed by atoms with Gasteiger partial charge in [0.15, 0.2) is 5.69 Å². The van der Waals surface area contributed by atoms with Crippen LogP contribution < -0.4 is 5.32 Å². The van der Waals surface area contributed by atoms with Gasteiger partial charge in [-0.25, -0.2) is 14.4 Å². The average Bonchev–Trinajstić information content (AvgIpc) is 2.58. The van der Waals surface area contributed by atoms with E-state index in [-0.39, 0.29) is 6.42 Å². The Morgan fingerprint density at radius 2 is 2.09 bits per heavy atom. The van der Waals surface area contributed by atoms with Crippen LogP contribution in [-0.2, 0) is 20.7 Å². The highest BCUT2D eigenvalue weighted by Gasteiger charge is 2.41. The van der Waals surface area contributed by atoms with Gasteiger partial charge < -0.3 is 14.8 Å². The average molecular weight is 336 g/mol. The number of hydrogen-bond donors (Lipinski definition) is 1. The lowest BCUT2D eigenvalue weighted by molar-refractivity contribution is -0.148. The van der Waals surface area contributed by atoms with E-state index in [0.717, 1.165) is 5.56 Å². The van der Waals surface area contributed by atoms with Crippen LogP contribution >= 0.6 is 11.8 Å². The van der Waals surface area contributed by atoms with Gasteiger partial charge in [-0.2, -0.15) is 11.8 Å². The Balaban J connectivity index is 3.20. The van der Waals surface area contributed by atoms with E-state index in [1.807, 2.05) is 12.3 Å². The van der Waals surface area contributed by atoms with Crippen molar-refractivity contribution in [2.75, 3.05) is 26.2 Å². The molecule has 0 spiro atoms. The van der Waals surface area contributed by atoms with Crippen LogP contribution in [0.25, 0.3) is 4.85 Å². The minimum absolute atomic E-state index is 0.221. The first-order valence-electron chi connectivity index (χ1n) is 6.91. The van der Waals surface area contributed by atoms with E-state index in [0.29, 0.717) is 17.9 Å². The van der Waals surface area contributed by atoms with Crippen molar-refractivity contribution in [3.8, 4) is 0 Å². The molecule has 1 atom stereocenters. The van der Waals surface area contributed by atoms with Gasteiger partial charge in [0.05, 0.1) is 20.8 Å². The monoisotopic (exact) mass is 336 g/mol. The molecule has 124 valence electrons. The summed E-state index contributed by atoms with van der Waals surface area (Å²) in [7, 11) is 2.52. The first kappa shape index (κ1) is 18.8. The molecule has 1 unspecified atom stereocenters. The lowest BCUT2D eigenvalue weighted by atomic mass is 9.88. The zero-order valence-electron chi connectivity index (χ0n) is 13.4. The SMILES string of the molecule is [C-]#[N+]c1cccc(CC(CCSC)(NC(=O)OC)C(=O)OC)c1. The highest BCUT2D eigenvalue weighted by Crippen LogP contribution is 2.24. The largest absolute Gasteiger partial charge is 0.467 e. The quantitative estimate of drug-likeness (QED) is 0.612.